The number of rotatable bonds is 8. The Morgan fingerprint density at radius 3 is 2.56 bits per heavy atom. The van der Waals surface area contributed by atoms with Gasteiger partial charge in [0, 0.05) is 6.04 Å². The van der Waals surface area contributed by atoms with Crippen LogP contribution in [0.15, 0.2) is 18.2 Å². The molecule has 0 saturated carbocycles. The van der Waals surface area contributed by atoms with E-state index in [0.29, 0.717) is 13.2 Å². The van der Waals surface area contributed by atoms with E-state index in [4.69, 9.17) is 15.2 Å². The Kier molecular flexibility index (Phi) is 6.58. The summed E-state index contributed by atoms with van der Waals surface area (Å²) in [6.07, 6.45) is 2.78. The lowest BCUT2D eigenvalue weighted by molar-refractivity contribution is 0.274. The summed E-state index contributed by atoms with van der Waals surface area (Å²) >= 11 is 0. The lowest BCUT2D eigenvalue weighted by Gasteiger charge is -2.17. The van der Waals surface area contributed by atoms with Gasteiger partial charge in [-0.05, 0) is 37.8 Å². The molecule has 18 heavy (non-hydrogen) atoms. The molecule has 3 nitrogen and oxygen atoms in total. The molecule has 0 radical (unpaired) electrons. The first kappa shape index (κ1) is 14.8. The third-order valence-corrected chi connectivity index (χ3v) is 2.82. The lowest BCUT2D eigenvalue weighted by Crippen LogP contribution is -2.22. The van der Waals surface area contributed by atoms with Gasteiger partial charge >= 0.3 is 0 Å². The van der Waals surface area contributed by atoms with Crippen molar-refractivity contribution in [3.63, 3.8) is 0 Å². The second-order valence-electron chi connectivity index (χ2n) is 4.40. The van der Waals surface area contributed by atoms with Crippen molar-refractivity contribution in [2.24, 2.45) is 5.73 Å². The van der Waals surface area contributed by atoms with Crippen LogP contribution < -0.4 is 15.2 Å². The second kappa shape index (κ2) is 7.98. The Hall–Kier alpha value is -1.22. The maximum Gasteiger partial charge on any atom is 0.164 e. The van der Waals surface area contributed by atoms with E-state index in [-0.39, 0.29) is 6.04 Å². The summed E-state index contributed by atoms with van der Waals surface area (Å²) in [7, 11) is 0. The number of hydrogen-bond acceptors (Lipinski definition) is 3. The van der Waals surface area contributed by atoms with E-state index in [1.165, 1.54) is 0 Å². The van der Waals surface area contributed by atoms with Crippen molar-refractivity contribution in [1.29, 1.82) is 0 Å². The molecule has 0 aliphatic rings. The van der Waals surface area contributed by atoms with Crippen LogP contribution in [0.2, 0.25) is 0 Å². The van der Waals surface area contributed by atoms with Gasteiger partial charge < -0.3 is 15.2 Å². The van der Waals surface area contributed by atoms with Crippen LogP contribution in [0, 0.1) is 0 Å². The molecule has 0 fully saturated rings. The smallest absolute Gasteiger partial charge is 0.164 e. The molecule has 1 atom stereocenters. The quantitative estimate of drug-likeness (QED) is 0.772. The Labute approximate surface area is 110 Å². The zero-order valence-corrected chi connectivity index (χ0v) is 11.7. The van der Waals surface area contributed by atoms with Gasteiger partial charge in [-0.2, -0.15) is 0 Å². The average molecular weight is 251 g/mol. The number of ether oxygens (including phenoxy) is 2. The fraction of sp³-hybridized carbons (Fsp3) is 0.600. The maximum absolute atomic E-state index is 6.03. The van der Waals surface area contributed by atoms with Crippen molar-refractivity contribution in [1.82, 2.24) is 0 Å². The van der Waals surface area contributed by atoms with Gasteiger partial charge in [0.25, 0.3) is 0 Å². The van der Waals surface area contributed by atoms with E-state index < -0.39 is 0 Å². The largest absolute Gasteiger partial charge is 0.490 e. The summed E-state index contributed by atoms with van der Waals surface area (Å²) in [6.45, 7) is 7.53. The molecule has 0 bridgehead atoms. The minimum Gasteiger partial charge on any atom is -0.490 e. The molecule has 0 aliphatic heterocycles. The highest BCUT2D eigenvalue weighted by Gasteiger charge is 2.13. The van der Waals surface area contributed by atoms with Gasteiger partial charge in [-0.15, -0.1) is 0 Å². The zero-order chi connectivity index (χ0) is 13.4. The Morgan fingerprint density at radius 2 is 1.94 bits per heavy atom. The molecular weight excluding hydrogens is 226 g/mol. The van der Waals surface area contributed by atoms with Gasteiger partial charge in [0.05, 0.1) is 13.2 Å². The first-order valence-corrected chi connectivity index (χ1v) is 6.85. The van der Waals surface area contributed by atoms with E-state index in [0.717, 1.165) is 36.3 Å². The van der Waals surface area contributed by atoms with Crippen LogP contribution in [-0.4, -0.2) is 19.3 Å². The average Bonchev–Trinajstić information content (AvgIpc) is 2.38. The molecule has 0 aliphatic carbocycles. The number of hydrogen-bond donors (Lipinski definition) is 1. The molecule has 0 spiro atoms. The standard InChI is InChI=1S/C15H25NO2/c1-4-10-18-15-12(11-13(16)5-2)8-7-9-14(15)17-6-3/h7-9,13H,4-6,10-11,16H2,1-3H3. The van der Waals surface area contributed by atoms with Crippen LogP contribution in [0.4, 0.5) is 0 Å². The maximum atomic E-state index is 6.03. The van der Waals surface area contributed by atoms with Crippen molar-refractivity contribution in [2.45, 2.75) is 46.1 Å². The van der Waals surface area contributed by atoms with Crippen LogP contribution in [0.25, 0.3) is 0 Å². The minimum absolute atomic E-state index is 0.172. The van der Waals surface area contributed by atoms with Crippen LogP contribution in [-0.2, 0) is 6.42 Å². The molecule has 3 heteroatoms. The van der Waals surface area contributed by atoms with E-state index in [9.17, 15) is 0 Å². The van der Waals surface area contributed by atoms with E-state index >= 15 is 0 Å². The van der Waals surface area contributed by atoms with Gasteiger partial charge in [0.2, 0.25) is 0 Å². The highest BCUT2D eigenvalue weighted by Crippen LogP contribution is 2.32. The third-order valence-electron chi connectivity index (χ3n) is 2.82. The van der Waals surface area contributed by atoms with E-state index in [1.54, 1.807) is 0 Å². The lowest BCUT2D eigenvalue weighted by atomic mass is 10.0. The molecule has 1 aromatic rings. The van der Waals surface area contributed by atoms with Gasteiger partial charge in [0.1, 0.15) is 0 Å². The predicted octanol–water partition coefficient (Wildman–Crippen LogP) is 3.15. The summed E-state index contributed by atoms with van der Waals surface area (Å²) in [4.78, 5) is 0. The molecule has 0 heterocycles. The first-order chi connectivity index (χ1) is 8.72. The molecule has 0 saturated heterocycles. The van der Waals surface area contributed by atoms with Gasteiger partial charge in [0.15, 0.2) is 11.5 Å². The SMILES string of the molecule is CCCOc1c(CC(N)CC)cccc1OCC. The van der Waals surface area contributed by atoms with Gasteiger partial charge in [-0.3, -0.25) is 0 Å². The zero-order valence-electron chi connectivity index (χ0n) is 11.7. The molecule has 1 unspecified atom stereocenters. The summed E-state index contributed by atoms with van der Waals surface area (Å²) in [5, 5.41) is 0. The van der Waals surface area contributed by atoms with Crippen LogP contribution in [0.3, 0.4) is 0 Å². The number of nitrogens with two attached hydrogens (primary N) is 1. The van der Waals surface area contributed by atoms with Crippen molar-refractivity contribution < 1.29 is 9.47 Å². The molecule has 2 N–H and O–H groups in total. The molecule has 1 aromatic carbocycles. The second-order valence-corrected chi connectivity index (χ2v) is 4.40. The van der Waals surface area contributed by atoms with E-state index in [2.05, 4.69) is 19.9 Å². The summed E-state index contributed by atoms with van der Waals surface area (Å²) < 4.78 is 11.5. The highest BCUT2D eigenvalue weighted by atomic mass is 16.5. The Balaban J connectivity index is 2.94. The minimum atomic E-state index is 0.172. The fourth-order valence-corrected chi connectivity index (χ4v) is 1.79. The Bertz CT molecular complexity index is 352. The van der Waals surface area contributed by atoms with Crippen molar-refractivity contribution in [3.8, 4) is 11.5 Å². The monoisotopic (exact) mass is 251 g/mol. The summed E-state index contributed by atoms with van der Waals surface area (Å²) in [5.41, 5.74) is 7.17. The third kappa shape index (κ3) is 4.22. The van der Waals surface area contributed by atoms with Crippen molar-refractivity contribution in [3.05, 3.63) is 23.8 Å². The van der Waals surface area contributed by atoms with E-state index in [1.807, 2.05) is 19.1 Å². The molecule has 1 rings (SSSR count). The Morgan fingerprint density at radius 1 is 1.17 bits per heavy atom. The highest BCUT2D eigenvalue weighted by molar-refractivity contribution is 5.47. The number of benzene rings is 1. The summed E-state index contributed by atoms with van der Waals surface area (Å²) in [6, 6.07) is 6.20. The van der Waals surface area contributed by atoms with Gasteiger partial charge in [-0.1, -0.05) is 26.0 Å². The van der Waals surface area contributed by atoms with Crippen molar-refractivity contribution >= 4 is 0 Å². The summed E-state index contributed by atoms with van der Waals surface area (Å²) in [5.74, 6) is 1.69. The van der Waals surface area contributed by atoms with Gasteiger partial charge in [-0.25, -0.2) is 0 Å². The number of para-hydroxylation sites is 1. The molecule has 0 aromatic heterocycles. The topological polar surface area (TPSA) is 44.5 Å². The van der Waals surface area contributed by atoms with Crippen LogP contribution in [0.5, 0.6) is 11.5 Å². The molecule has 0 amide bonds. The van der Waals surface area contributed by atoms with Crippen LogP contribution in [0.1, 0.15) is 39.2 Å². The normalized spacial score (nSPS) is 12.2. The molecular formula is C15H25NO2. The fourth-order valence-electron chi connectivity index (χ4n) is 1.79. The van der Waals surface area contributed by atoms with Crippen LogP contribution >= 0.6 is 0 Å². The van der Waals surface area contributed by atoms with Crippen molar-refractivity contribution in [2.75, 3.05) is 13.2 Å². The first-order valence-electron chi connectivity index (χ1n) is 6.85. The molecule has 102 valence electrons. The predicted molar refractivity (Wildman–Crippen MR) is 75.4 cm³/mol.